The number of benzene rings is 2. The van der Waals surface area contributed by atoms with Gasteiger partial charge in [0.2, 0.25) is 5.91 Å². The summed E-state index contributed by atoms with van der Waals surface area (Å²) in [6.07, 6.45) is 4.37. The van der Waals surface area contributed by atoms with Crippen LogP contribution >= 0.6 is 23.2 Å². The second kappa shape index (κ2) is 8.45. The predicted octanol–water partition coefficient (Wildman–Crippen LogP) is 4.56. The highest BCUT2D eigenvalue weighted by Gasteiger charge is 2.34. The van der Waals surface area contributed by atoms with Gasteiger partial charge in [0.05, 0.1) is 0 Å². The van der Waals surface area contributed by atoms with Crippen molar-refractivity contribution in [3.8, 4) is 5.69 Å². The lowest BCUT2D eigenvalue weighted by Gasteiger charge is -2.24. The zero-order chi connectivity index (χ0) is 21.3. The fourth-order valence-corrected chi connectivity index (χ4v) is 4.06. The SMILES string of the molecule is O=C(Nc1ccc(-n2cccn2)c(F)c1)C1CCCN1C(=O)c1cc(Cl)cc(Cl)c1. The number of halogens is 3. The molecule has 1 fully saturated rings. The summed E-state index contributed by atoms with van der Waals surface area (Å²) in [5, 5.41) is 7.39. The van der Waals surface area contributed by atoms with Crippen LogP contribution < -0.4 is 5.32 Å². The number of carbonyl (C=O) groups is 2. The second-order valence-electron chi connectivity index (χ2n) is 6.92. The van der Waals surface area contributed by atoms with Crippen molar-refractivity contribution in [3.63, 3.8) is 0 Å². The van der Waals surface area contributed by atoms with Crippen LogP contribution in [0, 0.1) is 5.82 Å². The monoisotopic (exact) mass is 446 g/mol. The largest absolute Gasteiger partial charge is 0.327 e. The molecule has 4 rings (SSSR count). The van der Waals surface area contributed by atoms with Gasteiger partial charge in [0.25, 0.3) is 5.91 Å². The third kappa shape index (κ3) is 4.17. The van der Waals surface area contributed by atoms with Crippen LogP contribution in [0.15, 0.2) is 54.9 Å². The highest BCUT2D eigenvalue weighted by Crippen LogP contribution is 2.26. The summed E-state index contributed by atoms with van der Waals surface area (Å²) in [4.78, 5) is 27.2. The number of hydrogen-bond donors (Lipinski definition) is 1. The minimum atomic E-state index is -0.663. The molecule has 1 aliphatic heterocycles. The number of likely N-dealkylation sites (tertiary alicyclic amines) is 1. The van der Waals surface area contributed by atoms with Crippen LogP contribution in [-0.4, -0.2) is 39.1 Å². The molecule has 154 valence electrons. The summed E-state index contributed by atoms with van der Waals surface area (Å²) < 4.78 is 15.8. The first kappa shape index (κ1) is 20.4. The first-order chi connectivity index (χ1) is 14.4. The van der Waals surface area contributed by atoms with Gasteiger partial charge >= 0.3 is 0 Å². The summed E-state index contributed by atoms with van der Waals surface area (Å²) in [6, 6.07) is 9.96. The topological polar surface area (TPSA) is 67.2 Å². The molecule has 1 N–H and O–H groups in total. The van der Waals surface area contributed by atoms with Crippen molar-refractivity contribution in [1.82, 2.24) is 14.7 Å². The van der Waals surface area contributed by atoms with Gasteiger partial charge in [0, 0.05) is 40.2 Å². The number of anilines is 1. The first-order valence-corrected chi connectivity index (χ1v) is 10.1. The minimum absolute atomic E-state index is 0.272. The van der Waals surface area contributed by atoms with Crippen LogP contribution in [0.2, 0.25) is 10.0 Å². The molecule has 1 atom stereocenters. The maximum Gasteiger partial charge on any atom is 0.254 e. The second-order valence-corrected chi connectivity index (χ2v) is 7.79. The summed E-state index contributed by atoms with van der Waals surface area (Å²) in [5.41, 5.74) is 0.897. The number of hydrogen-bond acceptors (Lipinski definition) is 3. The van der Waals surface area contributed by atoms with Crippen LogP contribution in [-0.2, 0) is 4.79 Å². The molecule has 2 heterocycles. The summed E-state index contributed by atoms with van der Waals surface area (Å²) >= 11 is 12.0. The Labute approximate surface area is 182 Å². The lowest BCUT2D eigenvalue weighted by Crippen LogP contribution is -2.43. The quantitative estimate of drug-likeness (QED) is 0.638. The Bertz CT molecular complexity index is 1080. The van der Waals surface area contributed by atoms with Gasteiger partial charge in [0.1, 0.15) is 11.7 Å². The molecule has 6 nitrogen and oxygen atoms in total. The fraction of sp³-hybridized carbons (Fsp3) is 0.190. The Hall–Kier alpha value is -2.90. The van der Waals surface area contributed by atoms with Gasteiger partial charge in [-0.1, -0.05) is 23.2 Å². The van der Waals surface area contributed by atoms with E-state index >= 15 is 0 Å². The van der Waals surface area contributed by atoms with Gasteiger partial charge < -0.3 is 10.2 Å². The lowest BCUT2D eigenvalue weighted by molar-refractivity contribution is -0.119. The standard InChI is InChI=1S/C21H17Cl2FN4O2/c22-14-9-13(10-15(23)11-14)21(30)27-7-1-3-19(27)20(29)26-16-4-5-18(17(24)12-16)28-8-2-6-25-28/h2,4-6,8-12,19H,1,3,7H2,(H,26,29). The van der Waals surface area contributed by atoms with E-state index in [-0.39, 0.29) is 17.5 Å². The molecular weight excluding hydrogens is 430 g/mol. The number of amides is 2. The molecule has 1 unspecified atom stereocenters. The van der Waals surface area contributed by atoms with E-state index in [4.69, 9.17) is 23.2 Å². The van der Waals surface area contributed by atoms with Crippen LogP contribution in [0.5, 0.6) is 0 Å². The molecule has 1 saturated heterocycles. The zero-order valence-corrected chi connectivity index (χ0v) is 17.2. The average Bonchev–Trinajstić information content (AvgIpc) is 3.39. The van der Waals surface area contributed by atoms with E-state index in [0.29, 0.717) is 40.7 Å². The smallest absolute Gasteiger partial charge is 0.254 e. The van der Waals surface area contributed by atoms with E-state index in [0.717, 1.165) is 0 Å². The number of nitrogens with zero attached hydrogens (tertiary/aromatic N) is 3. The van der Waals surface area contributed by atoms with E-state index in [9.17, 15) is 14.0 Å². The number of nitrogens with one attached hydrogen (secondary N) is 1. The van der Waals surface area contributed by atoms with E-state index < -0.39 is 11.9 Å². The van der Waals surface area contributed by atoms with E-state index in [2.05, 4.69) is 10.4 Å². The van der Waals surface area contributed by atoms with Crippen LogP contribution in [0.3, 0.4) is 0 Å². The highest BCUT2D eigenvalue weighted by atomic mass is 35.5. The summed E-state index contributed by atoms with van der Waals surface area (Å²) in [7, 11) is 0. The van der Waals surface area contributed by atoms with Crippen molar-refractivity contribution in [2.75, 3.05) is 11.9 Å². The number of carbonyl (C=O) groups excluding carboxylic acids is 2. The molecule has 0 saturated carbocycles. The first-order valence-electron chi connectivity index (χ1n) is 9.30. The van der Waals surface area contributed by atoms with Crippen LogP contribution in [0.4, 0.5) is 10.1 Å². The Balaban J connectivity index is 1.50. The third-order valence-electron chi connectivity index (χ3n) is 4.89. The van der Waals surface area contributed by atoms with Crippen molar-refractivity contribution in [1.29, 1.82) is 0 Å². The molecule has 0 aliphatic carbocycles. The molecular formula is C21H17Cl2FN4O2. The number of aromatic nitrogens is 2. The van der Waals surface area contributed by atoms with Crippen LogP contribution in [0.25, 0.3) is 5.69 Å². The molecule has 2 aromatic carbocycles. The molecule has 9 heteroatoms. The molecule has 0 bridgehead atoms. The molecule has 3 aromatic rings. The van der Waals surface area contributed by atoms with Crippen molar-refractivity contribution < 1.29 is 14.0 Å². The van der Waals surface area contributed by atoms with Crippen molar-refractivity contribution in [2.45, 2.75) is 18.9 Å². The van der Waals surface area contributed by atoms with E-state index in [1.165, 1.54) is 39.9 Å². The van der Waals surface area contributed by atoms with Crippen molar-refractivity contribution >= 4 is 40.7 Å². The van der Waals surface area contributed by atoms with Gasteiger partial charge in [-0.25, -0.2) is 9.07 Å². The predicted molar refractivity (Wildman–Crippen MR) is 113 cm³/mol. The third-order valence-corrected chi connectivity index (χ3v) is 5.33. The van der Waals surface area contributed by atoms with Gasteiger partial charge in [-0.2, -0.15) is 5.10 Å². The van der Waals surface area contributed by atoms with E-state index in [1.807, 2.05) is 0 Å². The highest BCUT2D eigenvalue weighted by molar-refractivity contribution is 6.35. The maximum atomic E-state index is 14.4. The molecule has 0 spiro atoms. The van der Waals surface area contributed by atoms with E-state index in [1.54, 1.807) is 24.5 Å². The van der Waals surface area contributed by atoms with Gasteiger partial charge in [-0.3, -0.25) is 9.59 Å². The number of rotatable bonds is 4. The van der Waals surface area contributed by atoms with Gasteiger partial charge in [0.15, 0.2) is 5.82 Å². The maximum absolute atomic E-state index is 14.4. The van der Waals surface area contributed by atoms with Crippen molar-refractivity contribution in [2.24, 2.45) is 0 Å². The van der Waals surface area contributed by atoms with Gasteiger partial charge in [-0.05, 0) is 55.3 Å². The Morgan fingerprint density at radius 1 is 1.13 bits per heavy atom. The molecule has 1 aliphatic rings. The Morgan fingerprint density at radius 3 is 2.57 bits per heavy atom. The Kier molecular flexibility index (Phi) is 5.74. The molecule has 1 aromatic heterocycles. The van der Waals surface area contributed by atoms with Gasteiger partial charge in [-0.15, -0.1) is 0 Å². The molecule has 0 radical (unpaired) electrons. The Morgan fingerprint density at radius 2 is 1.90 bits per heavy atom. The zero-order valence-electron chi connectivity index (χ0n) is 15.7. The van der Waals surface area contributed by atoms with Crippen molar-refractivity contribution in [3.05, 3.63) is 76.3 Å². The average molecular weight is 447 g/mol. The lowest BCUT2D eigenvalue weighted by atomic mass is 10.1. The minimum Gasteiger partial charge on any atom is -0.327 e. The molecule has 2 amide bonds. The van der Waals surface area contributed by atoms with Crippen LogP contribution in [0.1, 0.15) is 23.2 Å². The normalized spacial score (nSPS) is 16.0. The summed E-state index contributed by atoms with van der Waals surface area (Å²) in [5.74, 6) is -1.22. The fourth-order valence-electron chi connectivity index (χ4n) is 3.53. The molecule has 30 heavy (non-hydrogen) atoms. The summed E-state index contributed by atoms with van der Waals surface area (Å²) in [6.45, 7) is 0.438.